The third-order valence-corrected chi connectivity index (χ3v) is 8.13. The Kier molecular flexibility index (Phi) is 11.0. The first-order chi connectivity index (χ1) is 24.9. The molecule has 0 aliphatic heterocycles. The number of esters is 1. The largest absolute Gasteiger partial charge is 0.478 e. The zero-order valence-corrected chi connectivity index (χ0v) is 28.1. The molecule has 9 heteroatoms. The number of aromatic nitrogens is 1. The first kappa shape index (κ1) is 34.4. The van der Waals surface area contributed by atoms with Crippen LogP contribution in [0.15, 0.2) is 121 Å². The van der Waals surface area contributed by atoms with Gasteiger partial charge in [0.2, 0.25) is 0 Å². The molecule has 0 bridgehead atoms. The van der Waals surface area contributed by atoms with Gasteiger partial charge in [-0.05, 0) is 82.7 Å². The molecule has 6 aromatic rings. The minimum atomic E-state index is -0.981. The van der Waals surface area contributed by atoms with Gasteiger partial charge >= 0.3 is 11.9 Å². The van der Waals surface area contributed by atoms with E-state index in [0.29, 0.717) is 35.7 Å². The molecule has 9 nitrogen and oxygen atoms in total. The lowest BCUT2D eigenvalue weighted by Gasteiger charge is -2.13. The Morgan fingerprint density at radius 1 is 0.765 bits per heavy atom. The van der Waals surface area contributed by atoms with Crippen molar-refractivity contribution in [2.45, 2.75) is 0 Å². The van der Waals surface area contributed by atoms with E-state index in [0.717, 1.165) is 44.6 Å². The van der Waals surface area contributed by atoms with Gasteiger partial charge in [-0.1, -0.05) is 66.4 Å². The van der Waals surface area contributed by atoms with Crippen molar-refractivity contribution in [2.75, 3.05) is 44.7 Å². The third kappa shape index (κ3) is 8.40. The first-order valence-corrected chi connectivity index (χ1v) is 16.2. The fraction of sp³-hybridized carbons (Fsp3) is 0.119. The summed E-state index contributed by atoms with van der Waals surface area (Å²) < 4.78 is 15.4. The summed E-state index contributed by atoms with van der Waals surface area (Å²) in [6.07, 6.45) is 1.79. The van der Waals surface area contributed by atoms with Gasteiger partial charge in [0.25, 0.3) is 0 Å². The number of carbonyl (C=O) groups excluding carboxylic acids is 1. The number of benzene rings is 5. The van der Waals surface area contributed by atoms with Crippen LogP contribution in [0.3, 0.4) is 0 Å². The maximum Gasteiger partial charge on any atom is 0.337 e. The normalized spacial score (nSPS) is 10.6. The summed E-state index contributed by atoms with van der Waals surface area (Å²) in [4.78, 5) is 28.4. The predicted molar refractivity (Wildman–Crippen MR) is 200 cm³/mol. The SMILES string of the molecule is COCCOCC#Cc1cc(Nc2ccc(-c3ccc(Nc4cccc5cccc(C(=O)O)c45)nc3)cc2)ccc1-c1ccc(C(=O)OC)cc1. The van der Waals surface area contributed by atoms with E-state index >= 15 is 0 Å². The van der Waals surface area contributed by atoms with Crippen LogP contribution in [0.4, 0.5) is 22.9 Å². The summed E-state index contributed by atoms with van der Waals surface area (Å²) >= 11 is 0. The number of carbonyl (C=O) groups is 2. The minimum Gasteiger partial charge on any atom is -0.478 e. The number of methoxy groups -OCH3 is 2. The fourth-order valence-electron chi connectivity index (χ4n) is 5.59. The van der Waals surface area contributed by atoms with Crippen LogP contribution in [0.2, 0.25) is 0 Å². The minimum absolute atomic E-state index is 0.232. The molecule has 1 heterocycles. The molecular weight excluding hydrogens is 642 g/mol. The van der Waals surface area contributed by atoms with E-state index in [4.69, 9.17) is 14.2 Å². The lowest BCUT2D eigenvalue weighted by atomic mass is 9.98. The maximum absolute atomic E-state index is 11.9. The predicted octanol–water partition coefficient (Wildman–Crippen LogP) is 8.56. The molecule has 0 unspecified atom stereocenters. The lowest BCUT2D eigenvalue weighted by Crippen LogP contribution is -2.01. The quantitative estimate of drug-likeness (QED) is 0.0665. The number of fused-ring (bicyclic) bond motifs is 1. The Labute approximate surface area is 295 Å². The Balaban J connectivity index is 1.17. The van der Waals surface area contributed by atoms with Gasteiger partial charge in [-0.2, -0.15) is 0 Å². The molecule has 1 aromatic heterocycles. The van der Waals surface area contributed by atoms with Crippen molar-refractivity contribution in [3.05, 3.63) is 138 Å². The number of carboxylic acid groups (broad SMARTS) is 1. The fourth-order valence-corrected chi connectivity index (χ4v) is 5.59. The number of nitrogens with zero attached hydrogens (tertiary/aromatic N) is 1. The van der Waals surface area contributed by atoms with Crippen LogP contribution >= 0.6 is 0 Å². The van der Waals surface area contributed by atoms with E-state index in [9.17, 15) is 14.7 Å². The average molecular weight is 678 g/mol. The van der Waals surface area contributed by atoms with E-state index in [1.54, 1.807) is 37.6 Å². The van der Waals surface area contributed by atoms with Crippen molar-refractivity contribution in [1.29, 1.82) is 0 Å². The number of pyridine rings is 1. The lowest BCUT2D eigenvalue weighted by molar-refractivity contribution is 0.0599. The summed E-state index contributed by atoms with van der Waals surface area (Å²) in [5.41, 5.74) is 7.71. The monoisotopic (exact) mass is 677 g/mol. The number of nitrogens with one attached hydrogen (secondary N) is 2. The molecule has 0 fully saturated rings. The molecule has 0 aliphatic rings. The summed E-state index contributed by atoms with van der Waals surface area (Å²) in [6, 6.07) is 36.0. The zero-order valence-electron chi connectivity index (χ0n) is 28.1. The summed E-state index contributed by atoms with van der Waals surface area (Å²) in [7, 11) is 2.99. The topological polar surface area (TPSA) is 119 Å². The van der Waals surface area contributed by atoms with Crippen molar-refractivity contribution in [1.82, 2.24) is 4.98 Å². The van der Waals surface area contributed by atoms with Crippen molar-refractivity contribution >= 4 is 45.6 Å². The standard InChI is InChI=1S/C42H35N3O6/c1-49-24-25-51-23-5-8-32-26-35(20-21-36(32)29-11-13-31(14-12-29)42(48)50-2)44-34-18-15-28(16-19-34)33-17-22-39(43-27-33)45-38-10-4-7-30-6-3-9-37(40(30)38)41(46)47/h3-4,6-7,9-22,26-27,44H,23-25H2,1-2H3,(H,43,45)(H,46,47). The van der Waals surface area contributed by atoms with Crippen LogP contribution in [-0.2, 0) is 14.2 Å². The van der Waals surface area contributed by atoms with E-state index in [-0.39, 0.29) is 18.1 Å². The number of anilines is 4. The molecule has 254 valence electrons. The molecule has 0 amide bonds. The van der Waals surface area contributed by atoms with Gasteiger partial charge in [0.05, 0.1) is 31.5 Å². The molecule has 0 saturated carbocycles. The molecule has 51 heavy (non-hydrogen) atoms. The Bertz CT molecular complexity index is 2220. The van der Waals surface area contributed by atoms with E-state index in [2.05, 4.69) is 27.5 Å². The van der Waals surface area contributed by atoms with Gasteiger partial charge < -0.3 is 30.0 Å². The van der Waals surface area contributed by atoms with E-state index < -0.39 is 5.97 Å². The number of hydrogen-bond acceptors (Lipinski definition) is 8. The Hall–Kier alpha value is -6.47. The highest BCUT2D eigenvalue weighted by atomic mass is 16.5. The molecular formula is C42H35N3O6. The Morgan fingerprint density at radius 3 is 2.20 bits per heavy atom. The Morgan fingerprint density at radius 2 is 1.49 bits per heavy atom. The smallest absolute Gasteiger partial charge is 0.337 e. The molecule has 6 rings (SSSR count). The maximum atomic E-state index is 11.9. The number of aromatic carboxylic acids is 1. The van der Waals surface area contributed by atoms with Gasteiger partial charge in [0.1, 0.15) is 12.4 Å². The van der Waals surface area contributed by atoms with Crippen LogP contribution in [-0.4, -0.2) is 56.1 Å². The van der Waals surface area contributed by atoms with Gasteiger partial charge in [0, 0.05) is 46.9 Å². The first-order valence-electron chi connectivity index (χ1n) is 16.2. The third-order valence-electron chi connectivity index (χ3n) is 8.13. The summed E-state index contributed by atoms with van der Waals surface area (Å²) in [6.45, 7) is 1.23. The molecule has 0 saturated heterocycles. The van der Waals surface area contributed by atoms with Crippen molar-refractivity contribution in [3.63, 3.8) is 0 Å². The number of hydrogen-bond donors (Lipinski definition) is 3. The van der Waals surface area contributed by atoms with Crippen LogP contribution in [0.1, 0.15) is 26.3 Å². The summed E-state index contributed by atoms with van der Waals surface area (Å²) in [5, 5.41) is 17.9. The van der Waals surface area contributed by atoms with Gasteiger partial charge in [0.15, 0.2) is 0 Å². The van der Waals surface area contributed by atoms with Crippen molar-refractivity contribution in [2.24, 2.45) is 0 Å². The van der Waals surface area contributed by atoms with E-state index in [1.807, 2.05) is 91.0 Å². The molecule has 0 spiro atoms. The highest BCUT2D eigenvalue weighted by Gasteiger charge is 2.13. The highest BCUT2D eigenvalue weighted by molar-refractivity contribution is 6.09. The molecule has 3 N–H and O–H groups in total. The molecule has 0 radical (unpaired) electrons. The van der Waals surface area contributed by atoms with Crippen LogP contribution < -0.4 is 10.6 Å². The van der Waals surface area contributed by atoms with Crippen molar-refractivity contribution in [3.8, 4) is 34.1 Å². The van der Waals surface area contributed by atoms with Gasteiger partial charge in [-0.3, -0.25) is 0 Å². The van der Waals surface area contributed by atoms with Gasteiger partial charge in [-0.15, -0.1) is 0 Å². The van der Waals surface area contributed by atoms with E-state index in [1.165, 1.54) is 7.11 Å². The molecule has 5 aromatic carbocycles. The second-order valence-corrected chi connectivity index (χ2v) is 11.5. The summed E-state index contributed by atoms with van der Waals surface area (Å²) in [5.74, 6) is 5.57. The molecule has 0 atom stereocenters. The van der Waals surface area contributed by atoms with Crippen LogP contribution in [0.5, 0.6) is 0 Å². The highest BCUT2D eigenvalue weighted by Crippen LogP contribution is 2.31. The van der Waals surface area contributed by atoms with Crippen LogP contribution in [0.25, 0.3) is 33.0 Å². The van der Waals surface area contributed by atoms with Crippen LogP contribution in [0, 0.1) is 11.8 Å². The number of rotatable bonds is 12. The number of carboxylic acids is 1. The second kappa shape index (κ2) is 16.3. The van der Waals surface area contributed by atoms with Gasteiger partial charge in [-0.25, -0.2) is 14.6 Å². The van der Waals surface area contributed by atoms with Crippen molar-refractivity contribution < 1.29 is 28.9 Å². The average Bonchev–Trinajstić information content (AvgIpc) is 3.16. The zero-order chi connectivity index (χ0) is 35.6. The second-order valence-electron chi connectivity index (χ2n) is 11.5. The molecule has 0 aliphatic carbocycles. The number of ether oxygens (including phenoxy) is 3.